The molecule has 0 aliphatic heterocycles. The summed E-state index contributed by atoms with van der Waals surface area (Å²) in [5, 5.41) is 10.4. The van der Waals surface area contributed by atoms with Crippen molar-refractivity contribution in [2.24, 2.45) is 5.92 Å². The molecule has 0 bridgehead atoms. The van der Waals surface area contributed by atoms with Crippen molar-refractivity contribution in [2.75, 3.05) is 6.61 Å². The molecule has 0 spiro atoms. The molecule has 0 amide bonds. The number of carbonyl (C=O) groups is 2. The van der Waals surface area contributed by atoms with Crippen LogP contribution in [0.25, 0.3) is 0 Å². The van der Waals surface area contributed by atoms with Gasteiger partial charge in [-0.25, -0.2) is 0 Å². The second kappa shape index (κ2) is 9.72. The third-order valence-corrected chi connectivity index (χ3v) is 5.73. The van der Waals surface area contributed by atoms with Crippen LogP contribution < -0.4 is 0 Å². The van der Waals surface area contributed by atoms with Crippen molar-refractivity contribution >= 4 is 12.3 Å². The average molecular weight is 375 g/mol. The van der Waals surface area contributed by atoms with E-state index in [-0.39, 0.29) is 29.5 Å². The van der Waals surface area contributed by atoms with Crippen LogP contribution in [-0.2, 0) is 14.9 Å². The summed E-state index contributed by atoms with van der Waals surface area (Å²) in [6.45, 7) is 14.7. The van der Waals surface area contributed by atoms with Crippen molar-refractivity contribution in [3.05, 3.63) is 40.0 Å². The number of aromatic hydroxyl groups is 1. The molecule has 0 heterocycles. The molecule has 4 nitrogen and oxygen atoms in total. The third-order valence-electron chi connectivity index (χ3n) is 5.73. The van der Waals surface area contributed by atoms with Crippen molar-refractivity contribution in [1.82, 2.24) is 0 Å². The van der Waals surface area contributed by atoms with Gasteiger partial charge in [-0.05, 0) is 43.4 Å². The molecule has 1 aromatic rings. The highest BCUT2D eigenvalue weighted by atomic mass is 16.5. The molecule has 2 unspecified atom stereocenters. The predicted molar refractivity (Wildman–Crippen MR) is 109 cm³/mol. The van der Waals surface area contributed by atoms with Crippen LogP contribution in [0.4, 0.5) is 0 Å². The lowest BCUT2D eigenvalue weighted by Crippen LogP contribution is -2.43. The minimum atomic E-state index is -0.213. The lowest BCUT2D eigenvalue weighted by atomic mass is 9.56. The first-order chi connectivity index (χ1) is 12.9. The van der Waals surface area contributed by atoms with E-state index < -0.39 is 0 Å². The number of allylic oxidation sites excluding steroid dienone is 1. The van der Waals surface area contributed by atoms with Gasteiger partial charge in [0.05, 0.1) is 5.56 Å². The minimum Gasteiger partial charge on any atom is -0.507 e. The number of phenols is 1. The topological polar surface area (TPSA) is 63.6 Å². The Balaban J connectivity index is 0.000000855. The van der Waals surface area contributed by atoms with Gasteiger partial charge in [-0.3, -0.25) is 9.59 Å². The molecule has 0 radical (unpaired) electrons. The summed E-state index contributed by atoms with van der Waals surface area (Å²) in [5.41, 5.74) is 4.20. The summed E-state index contributed by atoms with van der Waals surface area (Å²) in [6.07, 6.45) is 2.19. The number of fused-ring (bicyclic) bond motifs is 3. The molecule has 1 aromatic carbocycles. The average Bonchev–Trinajstić information content (AvgIpc) is 2.69. The molecule has 1 N–H and O–H groups in total. The van der Waals surface area contributed by atoms with Gasteiger partial charge in [0.25, 0.3) is 6.47 Å². The number of rotatable bonds is 3. The Morgan fingerprint density at radius 3 is 2.44 bits per heavy atom. The lowest BCUT2D eigenvalue weighted by Gasteiger charge is -2.47. The van der Waals surface area contributed by atoms with E-state index in [2.05, 4.69) is 13.8 Å². The van der Waals surface area contributed by atoms with E-state index in [1.54, 1.807) is 0 Å². The van der Waals surface area contributed by atoms with Gasteiger partial charge < -0.3 is 9.84 Å². The van der Waals surface area contributed by atoms with Crippen LogP contribution >= 0.6 is 0 Å². The van der Waals surface area contributed by atoms with E-state index in [9.17, 15) is 14.7 Å². The maximum Gasteiger partial charge on any atom is 0.293 e. The van der Waals surface area contributed by atoms with Gasteiger partial charge in [0.2, 0.25) is 0 Å². The normalized spacial score (nSPS) is 23.1. The van der Waals surface area contributed by atoms with E-state index in [0.29, 0.717) is 18.5 Å². The Hall–Kier alpha value is -2.10. The van der Waals surface area contributed by atoms with Gasteiger partial charge in [-0.2, -0.15) is 0 Å². The lowest BCUT2D eigenvalue weighted by molar-refractivity contribution is -0.128. The number of hydrogen-bond donors (Lipinski definition) is 1. The van der Waals surface area contributed by atoms with Gasteiger partial charge in [-0.15, -0.1) is 0 Å². The molecule has 27 heavy (non-hydrogen) atoms. The fourth-order valence-electron chi connectivity index (χ4n) is 4.22. The molecular formula is C23H34O4. The Labute approximate surface area is 163 Å². The number of benzene rings is 1. The van der Waals surface area contributed by atoms with E-state index >= 15 is 0 Å². The van der Waals surface area contributed by atoms with Crippen LogP contribution in [0.15, 0.2) is 23.3 Å². The molecular weight excluding hydrogens is 340 g/mol. The fourth-order valence-corrected chi connectivity index (χ4v) is 4.22. The van der Waals surface area contributed by atoms with Crippen LogP contribution in [0.2, 0.25) is 0 Å². The largest absolute Gasteiger partial charge is 0.507 e. The molecule has 3 rings (SSSR count). The summed E-state index contributed by atoms with van der Waals surface area (Å²) in [6, 6.07) is 3.86. The SMILES string of the molecule is CC.CC.CC1=C(COC=O)C2CC(=O)c3c(ccc(C)c3O)C2(C)CC1. The summed E-state index contributed by atoms with van der Waals surface area (Å²) in [5.74, 6) is 0.115. The Kier molecular flexibility index (Phi) is 8.26. The van der Waals surface area contributed by atoms with Gasteiger partial charge in [-0.1, -0.05) is 52.3 Å². The van der Waals surface area contributed by atoms with Crippen molar-refractivity contribution in [3.8, 4) is 5.75 Å². The number of ketones is 1. The van der Waals surface area contributed by atoms with Gasteiger partial charge in [0.1, 0.15) is 12.4 Å². The van der Waals surface area contributed by atoms with E-state index in [4.69, 9.17) is 4.74 Å². The highest BCUT2D eigenvalue weighted by Gasteiger charge is 2.48. The number of aryl methyl sites for hydroxylation is 1. The first-order valence-corrected chi connectivity index (χ1v) is 10.00. The molecule has 2 aliphatic rings. The monoisotopic (exact) mass is 374 g/mol. The highest BCUT2D eigenvalue weighted by Crippen LogP contribution is 2.53. The molecule has 4 heteroatoms. The summed E-state index contributed by atoms with van der Waals surface area (Å²) >= 11 is 0. The third kappa shape index (κ3) is 4.10. The molecule has 150 valence electrons. The summed E-state index contributed by atoms with van der Waals surface area (Å²) < 4.78 is 5.00. The quantitative estimate of drug-likeness (QED) is 0.561. The zero-order valence-corrected chi connectivity index (χ0v) is 17.8. The van der Waals surface area contributed by atoms with E-state index in [1.165, 1.54) is 5.57 Å². The standard InChI is InChI=1S/C19H22O4.2C2H6/c1-11-6-7-19(3)14-5-4-12(2)18(22)17(14)16(21)8-15(19)13(11)9-23-10-20;2*1-2/h4-5,10,15,22H,6-9H2,1-3H3;2*1-2H3. The highest BCUT2D eigenvalue weighted by molar-refractivity contribution is 6.02. The van der Waals surface area contributed by atoms with Crippen LogP contribution in [0.5, 0.6) is 5.75 Å². The second-order valence-electron chi connectivity index (χ2n) is 6.96. The maximum atomic E-state index is 12.7. The number of carbonyl (C=O) groups excluding carboxylic acids is 2. The zero-order valence-electron chi connectivity index (χ0n) is 17.8. The van der Waals surface area contributed by atoms with Gasteiger partial charge >= 0.3 is 0 Å². The maximum absolute atomic E-state index is 12.7. The van der Waals surface area contributed by atoms with Crippen LogP contribution in [0, 0.1) is 12.8 Å². The second-order valence-corrected chi connectivity index (χ2v) is 6.96. The Morgan fingerprint density at radius 2 is 1.85 bits per heavy atom. The van der Waals surface area contributed by atoms with Crippen molar-refractivity contribution in [2.45, 2.75) is 73.1 Å². The first-order valence-electron chi connectivity index (χ1n) is 10.00. The minimum absolute atomic E-state index is 0.0259. The molecule has 2 aliphatic carbocycles. The Morgan fingerprint density at radius 1 is 1.22 bits per heavy atom. The molecule has 0 fully saturated rings. The van der Waals surface area contributed by atoms with Crippen molar-refractivity contribution in [1.29, 1.82) is 0 Å². The summed E-state index contributed by atoms with van der Waals surface area (Å²) in [7, 11) is 0. The van der Waals surface area contributed by atoms with Crippen molar-refractivity contribution < 1.29 is 19.4 Å². The van der Waals surface area contributed by atoms with Crippen LogP contribution in [0.3, 0.4) is 0 Å². The molecule has 0 aromatic heterocycles. The first kappa shape index (κ1) is 22.9. The fraction of sp³-hybridized carbons (Fsp3) is 0.565. The van der Waals surface area contributed by atoms with Gasteiger partial charge in [0, 0.05) is 17.8 Å². The zero-order chi connectivity index (χ0) is 20.8. The predicted octanol–water partition coefficient (Wildman–Crippen LogP) is 5.50. The number of ether oxygens (including phenoxy) is 1. The van der Waals surface area contributed by atoms with Crippen molar-refractivity contribution in [3.63, 3.8) is 0 Å². The molecule has 2 atom stereocenters. The Bertz CT molecular complexity index is 717. The number of Topliss-reactive ketones (excluding diaryl/α,β-unsaturated/α-hetero) is 1. The number of phenolic OH excluding ortho intramolecular Hbond substituents is 1. The molecule has 0 saturated heterocycles. The number of hydrogen-bond acceptors (Lipinski definition) is 4. The van der Waals surface area contributed by atoms with E-state index in [1.807, 2.05) is 46.8 Å². The van der Waals surface area contributed by atoms with Crippen LogP contribution in [-0.4, -0.2) is 24.0 Å². The van der Waals surface area contributed by atoms with E-state index in [0.717, 1.165) is 29.5 Å². The van der Waals surface area contributed by atoms with Crippen LogP contribution in [0.1, 0.15) is 82.3 Å². The smallest absolute Gasteiger partial charge is 0.293 e. The molecule has 0 saturated carbocycles. The van der Waals surface area contributed by atoms with Gasteiger partial charge in [0.15, 0.2) is 5.78 Å². The summed E-state index contributed by atoms with van der Waals surface area (Å²) in [4.78, 5) is 23.3.